The van der Waals surface area contributed by atoms with Crippen LogP contribution in [0.1, 0.15) is 70.0 Å². The molecule has 0 amide bonds. The third-order valence-corrected chi connectivity index (χ3v) is 5.63. The standard InChI is InChI=1S/C18H33N3/c1-7-16-12(2)20-21(13(16)3)17-10-15(18(4,5)6)9-8-14(17)11-19/h14-15,17H,7-11,19H2,1-6H3. The van der Waals surface area contributed by atoms with Gasteiger partial charge in [-0.2, -0.15) is 5.10 Å². The number of nitrogens with two attached hydrogens (primary N) is 1. The Kier molecular flexibility index (Phi) is 4.82. The molecule has 3 heteroatoms. The minimum Gasteiger partial charge on any atom is -0.330 e. The summed E-state index contributed by atoms with van der Waals surface area (Å²) in [5.41, 5.74) is 10.4. The predicted molar refractivity (Wildman–Crippen MR) is 89.5 cm³/mol. The van der Waals surface area contributed by atoms with Gasteiger partial charge in [-0.1, -0.05) is 27.7 Å². The molecule has 3 atom stereocenters. The van der Waals surface area contributed by atoms with Crippen molar-refractivity contribution in [2.24, 2.45) is 23.0 Å². The Morgan fingerprint density at radius 1 is 1.24 bits per heavy atom. The highest BCUT2D eigenvalue weighted by Gasteiger charge is 2.37. The molecule has 3 unspecified atom stereocenters. The molecule has 0 radical (unpaired) electrons. The molecule has 1 fully saturated rings. The summed E-state index contributed by atoms with van der Waals surface area (Å²) in [7, 11) is 0. The summed E-state index contributed by atoms with van der Waals surface area (Å²) in [6, 6.07) is 0.479. The van der Waals surface area contributed by atoms with Crippen molar-refractivity contribution in [3.63, 3.8) is 0 Å². The van der Waals surface area contributed by atoms with Crippen molar-refractivity contribution in [1.29, 1.82) is 0 Å². The molecule has 1 heterocycles. The van der Waals surface area contributed by atoms with Crippen LogP contribution < -0.4 is 5.73 Å². The van der Waals surface area contributed by atoms with E-state index in [-0.39, 0.29) is 0 Å². The van der Waals surface area contributed by atoms with E-state index < -0.39 is 0 Å². The van der Waals surface area contributed by atoms with E-state index in [1.54, 1.807) is 0 Å². The van der Waals surface area contributed by atoms with Crippen LogP contribution in [0.15, 0.2) is 0 Å². The van der Waals surface area contributed by atoms with Gasteiger partial charge in [0, 0.05) is 5.69 Å². The molecular formula is C18H33N3. The average molecular weight is 291 g/mol. The zero-order chi connectivity index (χ0) is 15.8. The molecule has 0 aromatic carbocycles. The van der Waals surface area contributed by atoms with Crippen molar-refractivity contribution >= 4 is 0 Å². The van der Waals surface area contributed by atoms with Crippen molar-refractivity contribution < 1.29 is 0 Å². The summed E-state index contributed by atoms with van der Waals surface area (Å²) in [5.74, 6) is 1.34. The van der Waals surface area contributed by atoms with E-state index >= 15 is 0 Å². The van der Waals surface area contributed by atoms with E-state index in [9.17, 15) is 0 Å². The SMILES string of the molecule is CCc1c(C)nn(C2CC(C(C)(C)C)CCC2CN)c1C. The van der Waals surface area contributed by atoms with Crippen molar-refractivity contribution in [3.05, 3.63) is 17.0 Å². The second kappa shape index (κ2) is 6.12. The van der Waals surface area contributed by atoms with Gasteiger partial charge in [-0.3, -0.25) is 4.68 Å². The summed E-state index contributed by atoms with van der Waals surface area (Å²) < 4.78 is 2.31. The molecular weight excluding hydrogens is 258 g/mol. The Morgan fingerprint density at radius 3 is 2.38 bits per heavy atom. The zero-order valence-electron chi connectivity index (χ0n) is 14.7. The summed E-state index contributed by atoms with van der Waals surface area (Å²) >= 11 is 0. The van der Waals surface area contributed by atoms with Crippen LogP contribution in [0.2, 0.25) is 0 Å². The van der Waals surface area contributed by atoms with Crippen LogP contribution >= 0.6 is 0 Å². The van der Waals surface area contributed by atoms with E-state index in [0.717, 1.165) is 18.9 Å². The largest absolute Gasteiger partial charge is 0.330 e. The zero-order valence-corrected chi connectivity index (χ0v) is 14.7. The fraction of sp³-hybridized carbons (Fsp3) is 0.833. The van der Waals surface area contributed by atoms with E-state index in [1.807, 2.05) is 0 Å². The van der Waals surface area contributed by atoms with E-state index in [2.05, 4.69) is 46.2 Å². The molecule has 1 aromatic rings. The molecule has 2 N–H and O–H groups in total. The summed E-state index contributed by atoms with van der Waals surface area (Å²) in [6.45, 7) is 14.5. The smallest absolute Gasteiger partial charge is 0.0628 e. The van der Waals surface area contributed by atoms with Crippen molar-refractivity contribution in [2.45, 2.75) is 73.3 Å². The average Bonchev–Trinajstić information content (AvgIpc) is 2.71. The minimum absolute atomic E-state index is 0.376. The van der Waals surface area contributed by atoms with Crippen molar-refractivity contribution in [1.82, 2.24) is 9.78 Å². The van der Waals surface area contributed by atoms with Crippen LogP contribution in [0, 0.1) is 31.1 Å². The molecule has 0 spiro atoms. The van der Waals surface area contributed by atoms with Gasteiger partial charge in [0.2, 0.25) is 0 Å². The first-order chi connectivity index (χ1) is 9.79. The Morgan fingerprint density at radius 2 is 1.90 bits per heavy atom. The maximum Gasteiger partial charge on any atom is 0.0628 e. The molecule has 0 saturated heterocycles. The van der Waals surface area contributed by atoms with Crippen molar-refractivity contribution in [3.8, 4) is 0 Å². The fourth-order valence-corrected chi connectivity index (χ4v) is 4.10. The van der Waals surface area contributed by atoms with Crippen LogP contribution in [0.3, 0.4) is 0 Å². The minimum atomic E-state index is 0.376. The third-order valence-electron chi connectivity index (χ3n) is 5.63. The highest BCUT2D eigenvalue weighted by Crippen LogP contribution is 2.44. The molecule has 0 aliphatic heterocycles. The van der Waals surface area contributed by atoms with Gasteiger partial charge >= 0.3 is 0 Å². The van der Waals surface area contributed by atoms with Crippen LogP contribution in [0.4, 0.5) is 0 Å². The number of aromatic nitrogens is 2. The fourth-order valence-electron chi connectivity index (χ4n) is 4.10. The Balaban J connectivity index is 2.34. The maximum atomic E-state index is 6.07. The number of rotatable bonds is 3. The maximum absolute atomic E-state index is 6.07. The van der Waals surface area contributed by atoms with Gasteiger partial charge in [0.1, 0.15) is 0 Å². The first kappa shape index (κ1) is 16.5. The van der Waals surface area contributed by atoms with Crippen molar-refractivity contribution in [2.75, 3.05) is 6.54 Å². The lowest BCUT2D eigenvalue weighted by molar-refractivity contribution is 0.0983. The lowest BCUT2D eigenvalue weighted by atomic mass is 9.68. The van der Waals surface area contributed by atoms with Gasteiger partial charge in [0.25, 0.3) is 0 Å². The lowest BCUT2D eigenvalue weighted by Gasteiger charge is -2.42. The third kappa shape index (κ3) is 3.18. The first-order valence-electron chi connectivity index (χ1n) is 8.54. The van der Waals surface area contributed by atoms with Gasteiger partial charge in [-0.25, -0.2) is 0 Å². The highest BCUT2D eigenvalue weighted by atomic mass is 15.3. The lowest BCUT2D eigenvalue weighted by Crippen LogP contribution is -2.37. The molecule has 1 saturated carbocycles. The molecule has 1 aliphatic carbocycles. The summed E-state index contributed by atoms with van der Waals surface area (Å²) in [6.07, 6.45) is 4.83. The Labute approximate surface area is 130 Å². The molecule has 1 aliphatic rings. The van der Waals surface area contributed by atoms with E-state index in [0.29, 0.717) is 17.4 Å². The molecule has 1 aromatic heterocycles. The highest BCUT2D eigenvalue weighted by molar-refractivity contribution is 5.25. The van der Waals surface area contributed by atoms with Gasteiger partial charge in [-0.05, 0) is 68.9 Å². The summed E-state index contributed by atoms with van der Waals surface area (Å²) in [4.78, 5) is 0. The number of hydrogen-bond donors (Lipinski definition) is 1. The Bertz CT molecular complexity index is 481. The predicted octanol–water partition coefficient (Wildman–Crippen LogP) is 4.02. The quantitative estimate of drug-likeness (QED) is 0.914. The first-order valence-corrected chi connectivity index (χ1v) is 8.54. The van der Waals surface area contributed by atoms with Gasteiger partial charge < -0.3 is 5.73 Å². The summed E-state index contributed by atoms with van der Waals surface area (Å²) in [5, 5.41) is 4.88. The van der Waals surface area contributed by atoms with Crippen LogP contribution in [-0.4, -0.2) is 16.3 Å². The second-order valence-electron chi connectivity index (χ2n) is 7.89. The number of hydrogen-bond acceptors (Lipinski definition) is 2. The Hall–Kier alpha value is -0.830. The number of aryl methyl sites for hydroxylation is 1. The molecule has 2 rings (SSSR count). The molecule has 0 bridgehead atoms. The molecule has 120 valence electrons. The monoisotopic (exact) mass is 291 g/mol. The van der Waals surface area contributed by atoms with Gasteiger partial charge in [0.15, 0.2) is 0 Å². The topological polar surface area (TPSA) is 43.8 Å². The van der Waals surface area contributed by atoms with Crippen LogP contribution in [-0.2, 0) is 6.42 Å². The van der Waals surface area contributed by atoms with E-state index in [1.165, 1.54) is 36.2 Å². The second-order valence-corrected chi connectivity index (χ2v) is 7.89. The van der Waals surface area contributed by atoms with Crippen LogP contribution in [0.25, 0.3) is 0 Å². The van der Waals surface area contributed by atoms with Gasteiger partial charge in [0.05, 0.1) is 11.7 Å². The normalized spacial score (nSPS) is 27.1. The van der Waals surface area contributed by atoms with Gasteiger partial charge in [-0.15, -0.1) is 0 Å². The molecule has 21 heavy (non-hydrogen) atoms. The molecule has 3 nitrogen and oxygen atoms in total. The van der Waals surface area contributed by atoms with Crippen LogP contribution in [0.5, 0.6) is 0 Å². The number of nitrogens with zero attached hydrogens (tertiary/aromatic N) is 2. The van der Waals surface area contributed by atoms with E-state index in [4.69, 9.17) is 10.8 Å².